The minimum atomic E-state index is -1.01. The van der Waals surface area contributed by atoms with Crippen molar-refractivity contribution in [3.8, 4) is 0 Å². The van der Waals surface area contributed by atoms with Crippen LogP contribution < -0.4 is 5.32 Å². The Hall–Kier alpha value is -1.59. The molecule has 0 radical (unpaired) electrons. The first kappa shape index (κ1) is 13.8. The zero-order valence-electron chi connectivity index (χ0n) is 10.5. The Morgan fingerprint density at radius 2 is 2.16 bits per heavy atom. The number of halogens is 1. The van der Waals surface area contributed by atoms with Gasteiger partial charge in [-0.05, 0) is 25.5 Å². The molecule has 0 bridgehead atoms. The van der Waals surface area contributed by atoms with Crippen molar-refractivity contribution in [2.24, 2.45) is 0 Å². The summed E-state index contributed by atoms with van der Waals surface area (Å²) in [6.07, 6.45) is 0. The lowest BCUT2D eigenvalue weighted by molar-refractivity contribution is 0.0690. The van der Waals surface area contributed by atoms with Crippen LogP contribution in [-0.2, 0) is 0 Å². The van der Waals surface area contributed by atoms with Crippen LogP contribution in [0.15, 0.2) is 24.3 Å². The Morgan fingerprint density at radius 3 is 2.74 bits per heavy atom. The summed E-state index contributed by atoms with van der Waals surface area (Å²) in [5.74, 6) is -1.01. The maximum absolute atomic E-state index is 10.9. The molecule has 1 unspecified atom stereocenters. The summed E-state index contributed by atoms with van der Waals surface area (Å²) in [4.78, 5) is 15.7. The number of hydrogen-bond donors (Lipinski definition) is 2. The molecule has 0 saturated heterocycles. The van der Waals surface area contributed by atoms with E-state index in [4.69, 9.17) is 16.7 Å². The van der Waals surface area contributed by atoms with Crippen molar-refractivity contribution in [3.63, 3.8) is 0 Å². The molecule has 1 aromatic carbocycles. The van der Waals surface area contributed by atoms with Gasteiger partial charge in [0.25, 0.3) is 0 Å². The number of aromatic carboxylic acids is 1. The molecule has 1 atom stereocenters. The predicted octanol–water partition coefficient (Wildman–Crippen LogP) is 3.98. The maximum atomic E-state index is 10.9. The molecule has 1 aromatic heterocycles. The molecule has 0 saturated carbocycles. The number of rotatable bonds is 4. The lowest BCUT2D eigenvalue weighted by atomic mass is 10.1. The van der Waals surface area contributed by atoms with Gasteiger partial charge in [-0.2, -0.15) is 0 Å². The fourth-order valence-electron chi connectivity index (χ4n) is 1.75. The molecule has 4 nitrogen and oxygen atoms in total. The average molecular weight is 297 g/mol. The van der Waals surface area contributed by atoms with Gasteiger partial charge >= 0.3 is 5.97 Å². The SMILES string of the molecule is Cc1sc(NC(C)c2ccccc2Cl)nc1C(=O)O. The van der Waals surface area contributed by atoms with E-state index in [1.54, 1.807) is 6.92 Å². The van der Waals surface area contributed by atoms with Gasteiger partial charge in [0.15, 0.2) is 10.8 Å². The minimum absolute atomic E-state index is 0.0408. The van der Waals surface area contributed by atoms with Gasteiger partial charge in [0, 0.05) is 9.90 Å². The second-order valence-electron chi connectivity index (χ2n) is 4.12. The topological polar surface area (TPSA) is 62.2 Å². The van der Waals surface area contributed by atoms with E-state index in [0.717, 1.165) is 5.56 Å². The van der Waals surface area contributed by atoms with Crippen LogP contribution in [0, 0.1) is 6.92 Å². The molecule has 2 aromatic rings. The zero-order chi connectivity index (χ0) is 14.0. The lowest BCUT2D eigenvalue weighted by Crippen LogP contribution is -2.07. The van der Waals surface area contributed by atoms with E-state index in [9.17, 15) is 4.79 Å². The number of aromatic nitrogens is 1. The third-order valence-corrected chi connectivity index (χ3v) is 3.96. The van der Waals surface area contributed by atoms with Gasteiger partial charge in [0.05, 0.1) is 6.04 Å². The number of benzene rings is 1. The molecule has 19 heavy (non-hydrogen) atoms. The maximum Gasteiger partial charge on any atom is 0.355 e. The van der Waals surface area contributed by atoms with Crippen LogP contribution in [0.3, 0.4) is 0 Å². The van der Waals surface area contributed by atoms with Crippen LogP contribution in [0.25, 0.3) is 0 Å². The Balaban J connectivity index is 2.20. The van der Waals surface area contributed by atoms with Crippen molar-refractivity contribution in [1.29, 1.82) is 0 Å². The molecule has 0 amide bonds. The Labute approximate surface area is 120 Å². The number of anilines is 1. The number of carbonyl (C=O) groups is 1. The summed E-state index contributed by atoms with van der Waals surface area (Å²) in [6.45, 7) is 3.70. The standard InChI is InChI=1S/C13H13ClN2O2S/c1-7(9-5-3-4-6-10(9)14)15-13-16-11(12(17)18)8(2)19-13/h3-7H,1-2H3,(H,15,16)(H,17,18). The number of thiazole rings is 1. The third-order valence-electron chi connectivity index (χ3n) is 2.71. The summed E-state index contributed by atoms with van der Waals surface area (Å²) >= 11 is 7.45. The first-order valence-electron chi connectivity index (χ1n) is 5.70. The van der Waals surface area contributed by atoms with Crippen molar-refractivity contribution in [2.45, 2.75) is 19.9 Å². The highest BCUT2D eigenvalue weighted by Crippen LogP contribution is 2.29. The van der Waals surface area contributed by atoms with E-state index in [1.165, 1.54) is 11.3 Å². The van der Waals surface area contributed by atoms with Gasteiger partial charge in [-0.3, -0.25) is 0 Å². The molecule has 0 aliphatic rings. The molecule has 2 N–H and O–H groups in total. The van der Waals surface area contributed by atoms with Crippen LogP contribution in [0.4, 0.5) is 5.13 Å². The number of aryl methyl sites for hydroxylation is 1. The highest BCUT2D eigenvalue weighted by Gasteiger charge is 2.16. The van der Waals surface area contributed by atoms with E-state index >= 15 is 0 Å². The van der Waals surface area contributed by atoms with Crippen molar-refractivity contribution >= 4 is 34.0 Å². The number of hydrogen-bond acceptors (Lipinski definition) is 4. The van der Waals surface area contributed by atoms with Gasteiger partial charge in [-0.25, -0.2) is 9.78 Å². The van der Waals surface area contributed by atoms with E-state index in [2.05, 4.69) is 10.3 Å². The highest BCUT2D eigenvalue weighted by atomic mass is 35.5. The van der Waals surface area contributed by atoms with Gasteiger partial charge in [0.2, 0.25) is 0 Å². The first-order chi connectivity index (χ1) is 8.99. The molecule has 6 heteroatoms. The van der Waals surface area contributed by atoms with Crippen molar-refractivity contribution < 1.29 is 9.90 Å². The molecule has 1 heterocycles. The molecule has 2 rings (SSSR count). The number of carboxylic acid groups (broad SMARTS) is 1. The summed E-state index contributed by atoms with van der Waals surface area (Å²) in [6, 6.07) is 7.49. The second kappa shape index (κ2) is 5.59. The van der Waals surface area contributed by atoms with Crippen LogP contribution in [0.5, 0.6) is 0 Å². The summed E-state index contributed by atoms with van der Waals surface area (Å²) in [5.41, 5.74) is 1.05. The van der Waals surface area contributed by atoms with Gasteiger partial charge < -0.3 is 10.4 Å². The molecule has 0 spiro atoms. The van der Waals surface area contributed by atoms with Gasteiger partial charge in [-0.1, -0.05) is 29.8 Å². The van der Waals surface area contributed by atoms with Crippen LogP contribution in [0.1, 0.15) is 33.9 Å². The Morgan fingerprint density at radius 1 is 1.47 bits per heavy atom. The quantitative estimate of drug-likeness (QED) is 0.896. The largest absolute Gasteiger partial charge is 0.476 e. The third kappa shape index (κ3) is 3.05. The van der Waals surface area contributed by atoms with E-state index in [1.807, 2.05) is 31.2 Å². The zero-order valence-corrected chi connectivity index (χ0v) is 12.0. The molecular weight excluding hydrogens is 284 g/mol. The van der Waals surface area contributed by atoms with Crippen molar-refractivity contribution in [1.82, 2.24) is 4.98 Å². The highest BCUT2D eigenvalue weighted by molar-refractivity contribution is 7.15. The van der Waals surface area contributed by atoms with Gasteiger partial charge in [0.1, 0.15) is 0 Å². The van der Waals surface area contributed by atoms with E-state index in [-0.39, 0.29) is 11.7 Å². The number of carboxylic acids is 1. The second-order valence-corrected chi connectivity index (χ2v) is 5.73. The van der Waals surface area contributed by atoms with Crippen LogP contribution >= 0.6 is 22.9 Å². The Kier molecular flexibility index (Phi) is 4.07. The van der Waals surface area contributed by atoms with Crippen molar-refractivity contribution in [3.05, 3.63) is 45.4 Å². The van der Waals surface area contributed by atoms with E-state index < -0.39 is 5.97 Å². The summed E-state index contributed by atoms with van der Waals surface area (Å²) < 4.78 is 0. The van der Waals surface area contributed by atoms with Crippen molar-refractivity contribution in [2.75, 3.05) is 5.32 Å². The molecular formula is C13H13ClN2O2S. The monoisotopic (exact) mass is 296 g/mol. The molecule has 0 fully saturated rings. The summed E-state index contributed by atoms with van der Waals surface area (Å²) in [5, 5.41) is 13.4. The van der Waals surface area contributed by atoms with Gasteiger partial charge in [-0.15, -0.1) is 11.3 Å². The molecule has 0 aliphatic carbocycles. The fourth-order valence-corrected chi connectivity index (χ4v) is 2.94. The fraction of sp³-hybridized carbons (Fsp3) is 0.231. The normalized spacial score (nSPS) is 12.2. The first-order valence-corrected chi connectivity index (χ1v) is 6.90. The Bertz CT molecular complexity index is 612. The molecule has 0 aliphatic heterocycles. The van der Waals surface area contributed by atoms with Crippen LogP contribution in [0.2, 0.25) is 5.02 Å². The van der Waals surface area contributed by atoms with Crippen LogP contribution in [-0.4, -0.2) is 16.1 Å². The smallest absolute Gasteiger partial charge is 0.355 e. The summed E-state index contributed by atoms with van der Waals surface area (Å²) in [7, 11) is 0. The lowest BCUT2D eigenvalue weighted by Gasteiger charge is -2.14. The molecule has 100 valence electrons. The van der Waals surface area contributed by atoms with E-state index in [0.29, 0.717) is 15.0 Å². The number of nitrogens with one attached hydrogen (secondary N) is 1. The average Bonchev–Trinajstić information content (AvgIpc) is 2.70. The number of nitrogens with zero attached hydrogens (tertiary/aromatic N) is 1. The minimum Gasteiger partial charge on any atom is -0.476 e. The predicted molar refractivity (Wildman–Crippen MR) is 77.3 cm³/mol.